The molecule has 0 radical (unpaired) electrons. The quantitative estimate of drug-likeness (QED) is 0.748. The van der Waals surface area contributed by atoms with Crippen molar-refractivity contribution in [3.05, 3.63) is 28.2 Å². The molecule has 0 unspecified atom stereocenters. The molecule has 2 rings (SSSR count). The van der Waals surface area contributed by atoms with Crippen molar-refractivity contribution < 1.29 is 4.79 Å². The third-order valence-electron chi connectivity index (χ3n) is 2.47. The molecule has 5 nitrogen and oxygen atoms in total. The number of nitrogens with zero attached hydrogens (tertiary/aromatic N) is 4. The van der Waals surface area contributed by atoms with E-state index in [-0.39, 0.29) is 0 Å². The zero-order valence-electron chi connectivity index (χ0n) is 9.23. The molecule has 84 valence electrons. The van der Waals surface area contributed by atoms with Crippen LogP contribution in [0.3, 0.4) is 0 Å². The van der Waals surface area contributed by atoms with Gasteiger partial charge in [0.15, 0.2) is 12.1 Å². The highest BCUT2D eigenvalue weighted by molar-refractivity contribution is 6.31. The van der Waals surface area contributed by atoms with Gasteiger partial charge in [-0.3, -0.25) is 9.48 Å². The first-order chi connectivity index (χ1) is 7.56. The molecular formula is C10H11ClN4O. The van der Waals surface area contributed by atoms with E-state index in [1.54, 1.807) is 16.4 Å². The summed E-state index contributed by atoms with van der Waals surface area (Å²) >= 11 is 6.06. The maximum atomic E-state index is 10.9. The summed E-state index contributed by atoms with van der Waals surface area (Å²) in [6.45, 7) is 3.67. The van der Waals surface area contributed by atoms with Crippen molar-refractivity contribution in [2.45, 2.75) is 13.8 Å². The topological polar surface area (TPSA) is 52.7 Å². The standard InChI is InChI=1S/C10H11ClN4O/c1-6-9(11)7(2)15(13-6)10-8(5-16)4-12-14(10)3/h4-5H,1-3H3. The van der Waals surface area contributed by atoms with Crippen molar-refractivity contribution in [3.8, 4) is 5.82 Å². The summed E-state index contributed by atoms with van der Waals surface area (Å²) in [5, 5.41) is 8.92. The van der Waals surface area contributed by atoms with Gasteiger partial charge in [-0.05, 0) is 13.8 Å². The van der Waals surface area contributed by atoms with Crippen LogP contribution in [0, 0.1) is 13.8 Å². The molecule has 2 aromatic rings. The first-order valence-electron chi connectivity index (χ1n) is 4.75. The van der Waals surface area contributed by atoms with Gasteiger partial charge in [0, 0.05) is 7.05 Å². The van der Waals surface area contributed by atoms with Crippen LogP contribution < -0.4 is 0 Å². The summed E-state index contributed by atoms with van der Waals surface area (Å²) in [5.74, 6) is 0.627. The van der Waals surface area contributed by atoms with Gasteiger partial charge in [-0.15, -0.1) is 0 Å². The van der Waals surface area contributed by atoms with Crippen LogP contribution in [-0.4, -0.2) is 25.8 Å². The molecule has 0 aliphatic carbocycles. The summed E-state index contributed by atoms with van der Waals surface area (Å²) in [5.41, 5.74) is 2.02. The van der Waals surface area contributed by atoms with Crippen LogP contribution in [0.25, 0.3) is 5.82 Å². The van der Waals surface area contributed by atoms with Gasteiger partial charge < -0.3 is 0 Å². The van der Waals surface area contributed by atoms with Crippen molar-refractivity contribution in [3.63, 3.8) is 0 Å². The maximum absolute atomic E-state index is 10.9. The molecule has 6 heteroatoms. The van der Waals surface area contributed by atoms with Gasteiger partial charge in [-0.2, -0.15) is 10.2 Å². The Balaban J connectivity index is 2.71. The summed E-state index contributed by atoms with van der Waals surface area (Å²) < 4.78 is 3.23. The number of hydrogen-bond donors (Lipinski definition) is 0. The Hall–Kier alpha value is -1.62. The van der Waals surface area contributed by atoms with E-state index in [0.717, 1.165) is 17.7 Å². The van der Waals surface area contributed by atoms with Crippen molar-refractivity contribution in [2.75, 3.05) is 0 Å². The lowest BCUT2D eigenvalue weighted by Gasteiger charge is -2.05. The van der Waals surface area contributed by atoms with Gasteiger partial charge in [0.25, 0.3) is 0 Å². The number of halogens is 1. The highest BCUT2D eigenvalue weighted by Gasteiger charge is 2.16. The fraction of sp³-hybridized carbons (Fsp3) is 0.300. The number of carbonyl (C=O) groups is 1. The average Bonchev–Trinajstić information content (AvgIpc) is 2.74. The Labute approximate surface area is 97.6 Å². The Morgan fingerprint density at radius 1 is 1.44 bits per heavy atom. The van der Waals surface area contributed by atoms with Crippen LogP contribution in [0.1, 0.15) is 21.7 Å². The molecule has 0 aliphatic heterocycles. The number of aldehydes is 1. The minimum absolute atomic E-state index is 0.491. The smallest absolute Gasteiger partial charge is 0.162 e. The number of hydrogen-bond acceptors (Lipinski definition) is 3. The third-order valence-corrected chi connectivity index (χ3v) is 3.01. The lowest BCUT2D eigenvalue weighted by Crippen LogP contribution is -2.08. The van der Waals surface area contributed by atoms with Gasteiger partial charge in [-0.25, -0.2) is 4.68 Å². The van der Waals surface area contributed by atoms with E-state index in [0.29, 0.717) is 16.4 Å². The lowest BCUT2D eigenvalue weighted by molar-refractivity contribution is 0.112. The fourth-order valence-electron chi connectivity index (χ4n) is 1.62. The Kier molecular flexibility index (Phi) is 2.55. The first-order valence-corrected chi connectivity index (χ1v) is 5.13. The van der Waals surface area contributed by atoms with Crippen LogP contribution in [-0.2, 0) is 7.05 Å². The Morgan fingerprint density at radius 3 is 2.62 bits per heavy atom. The summed E-state index contributed by atoms with van der Waals surface area (Å²) in [6.07, 6.45) is 2.26. The lowest BCUT2D eigenvalue weighted by atomic mass is 10.3. The van der Waals surface area contributed by atoms with Crippen molar-refractivity contribution in [1.82, 2.24) is 19.6 Å². The van der Waals surface area contributed by atoms with Crippen LogP contribution in [0.15, 0.2) is 6.20 Å². The summed E-state index contributed by atoms with van der Waals surface area (Å²) in [7, 11) is 1.76. The van der Waals surface area contributed by atoms with Crippen LogP contribution in [0.2, 0.25) is 5.02 Å². The normalized spacial score (nSPS) is 10.8. The Morgan fingerprint density at radius 2 is 2.12 bits per heavy atom. The maximum Gasteiger partial charge on any atom is 0.162 e. The summed E-state index contributed by atoms with van der Waals surface area (Å²) in [6, 6.07) is 0. The number of carbonyl (C=O) groups excluding carboxylic acids is 1. The van der Waals surface area contributed by atoms with Gasteiger partial charge in [-0.1, -0.05) is 11.6 Å². The number of rotatable bonds is 2. The molecule has 0 N–H and O–H groups in total. The number of aryl methyl sites for hydroxylation is 2. The summed E-state index contributed by atoms with van der Waals surface area (Å²) in [4.78, 5) is 10.9. The molecule has 0 saturated carbocycles. The minimum atomic E-state index is 0.491. The van der Waals surface area contributed by atoms with Gasteiger partial charge in [0.2, 0.25) is 0 Å². The molecule has 0 aromatic carbocycles. The van der Waals surface area contributed by atoms with E-state index in [1.165, 1.54) is 6.20 Å². The number of aromatic nitrogens is 4. The first kappa shape index (κ1) is 10.9. The Bertz CT molecular complexity index is 555. The molecule has 0 bridgehead atoms. The van der Waals surface area contributed by atoms with Crippen LogP contribution in [0.5, 0.6) is 0 Å². The average molecular weight is 239 g/mol. The molecule has 2 heterocycles. The molecule has 2 aromatic heterocycles. The fourth-order valence-corrected chi connectivity index (χ4v) is 1.74. The second-order valence-electron chi connectivity index (χ2n) is 3.56. The van der Waals surface area contributed by atoms with E-state index in [2.05, 4.69) is 10.2 Å². The molecule has 0 amide bonds. The molecule has 0 saturated heterocycles. The third kappa shape index (κ3) is 1.44. The molecular weight excluding hydrogens is 228 g/mol. The minimum Gasteiger partial charge on any atom is -0.298 e. The zero-order valence-corrected chi connectivity index (χ0v) is 9.99. The van der Waals surface area contributed by atoms with Gasteiger partial charge in [0.1, 0.15) is 0 Å². The largest absolute Gasteiger partial charge is 0.298 e. The zero-order chi connectivity index (χ0) is 11.9. The van der Waals surface area contributed by atoms with E-state index < -0.39 is 0 Å². The molecule has 0 aliphatic rings. The van der Waals surface area contributed by atoms with E-state index >= 15 is 0 Å². The SMILES string of the molecule is Cc1nn(-c2c(C=O)cnn2C)c(C)c1Cl. The van der Waals surface area contributed by atoms with Crippen molar-refractivity contribution in [2.24, 2.45) is 7.05 Å². The van der Waals surface area contributed by atoms with Gasteiger partial charge in [0.05, 0.1) is 28.2 Å². The van der Waals surface area contributed by atoms with Crippen LogP contribution >= 0.6 is 11.6 Å². The predicted molar refractivity (Wildman–Crippen MR) is 60.2 cm³/mol. The predicted octanol–water partition coefficient (Wildman–Crippen LogP) is 1.69. The van der Waals surface area contributed by atoms with Gasteiger partial charge >= 0.3 is 0 Å². The van der Waals surface area contributed by atoms with E-state index in [1.807, 2.05) is 13.8 Å². The molecule has 0 atom stereocenters. The monoisotopic (exact) mass is 238 g/mol. The van der Waals surface area contributed by atoms with E-state index in [4.69, 9.17) is 11.6 Å². The van der Waals surface area contributed by atoms with Crippen LogP contribution in [0.4, 0.5) is 0 Å². The molecule has 0 spiro atoms. The van der Waals surface area contributed by atoms with Crippen molar-refractivity contribution >= 4 is 17.9 Å². The second-order valence-corrected chi connectivity index (χ2v) is 3.94. The molecule has 0 fully saturated rings. The van der Waals surface area contributed by atoms with E-state index in [9.17, 15) is 4.79 Å². The highest BCUT2D eigenvalue weighted by atomic mass is 35.5. The molecule has 16 heavy (non-hydrogen) atoms. The van der Waals surface area contributed by atoms with Crippen molar-refractivity contribution in [1.29, 1.82) is 0 Å². The highest BCUT2D eigenvalue weighted by Crippen LogP contribution is 2.23. The second kappa shape index (κ2) is 3.75.